The number of anilines is 3. The molecule has 0 saturated carbocycles. The number of rotatable bonds is 6. The minimum atomic E-state index is -5.22. The summed E-state index contributed by atoms with van der Waals surface area (Å²) in [6.07, 6.45) is -5.22. The van der Waals surface area contributed by atoms with Crippen molar-refractivity contribution in [3.8, 4) is 17.4 Å². The van der Waals surface area contributed by atoms with Gasteiger partial charge in [-0.05, 0) is 31.2 Å². The van der Waals surface area contributed by atoms with E-state index in [1.165, 1.54) is 14.2 Å². The van der Waals surface area contributed by atoms with Gasteiger partial charge in [0.2, 0.25) is 17.8 Å². The number of fused-ring (bicyclic) bond motifs is 2. The van der Waals surface area contributed by atoms with Crippen LogP contribution in [0.15, 0.2) is 30.3 Å². The average molecular weight is 544 g/mol. The number of hydrogen-bond acceptors (Lipinski definition) is 11. The number of hydrogen-bond donors (Lipinski definition) is 1. The number of ether oxygens (including phenoxy) is 4. The molecule has 0 aliphatic carbocycles. The Hall–Kier alpha value is -4.46. The zero-order valence-corrected chi connectivity index (χ0v) is 21.1. The standard InChI is InChI=1S/C25H23F3N6O5/c1-13-15-11-19(36-2)20(37-3)12-18(15)31-23(29-13)33-24-30-17-5-4-14(34-6-8-38-9-7-34)10-16(17)21(32-24)39-22(35)25(26,27)28/h4-5,10-12H,6-9H2,1-3H3,(H,29,30,31,32,33). The van der Waals surface area contributed by atoms with Crippen LogP contribution in [0.2, 0.25) is 0 Å². The molecule has 1 aliphatic heterocycles. The van der Waals surface area contributed by atoms with Gasteiger partial charge in [0.05, 0.1) is 49.5 Å². The van der Waals surface area contributed by atoms with E-state index >= 15 is 0 Å². The minimum absolute atomic E-state index is 0.0737. The Balaban J connectivity index is 1.56. The fourth-order valence-corrected chi connectivity index (χ4v) is 4.15. The van der Waals surface area contributed by atoms with Crippen molar-refractivity contribution in [1.29, 1.82) is 0 Å². The normalized spacial score (nSPS) is 13.9. The largest absolute Gasteiger partial charge is 0.493 e. The summed E-state index contributed by atoms with van der Waals surface area (Å²) < 4.78 is 59.9. The molecular formula is C25H23F3N6O5. The maximum atomic E-state index is 13.1. The molecule has 3 heterocycles. The van der Waals surface area contributed by atoms with Crippen molar-refractivity contribution in [3.05, 3.63) is 36.0 Å². The third kappa shape index (κ3) is 5.41. The van der Waals surface area contributed by atoms with Crippen LogP contribution >= 0.6 is 0 Å². The van der Waals surface area contributed by atoms with Gasteiger partial charge in [-0.1, -0.05) is 0 Å². The molecule has 11 nitrogen and oxygen atoms in total. The van der Waals surface area contributed by atoms with Gasteiger partial charge in [0.1, 0.15) is 0 Å². The second-order valence-electron chi connectivity index (χ2n) is 8.52. The van der Waals surface area contributed by atoms with Crippen LogP contribution < -0.4 is 24.4 Å². The molecule has 0 unspecified atom stereocenters. The lowest BCUT2D eigenvalue weighted by molar-refractivity contribution is -0.189. The van der Waals surface area contributed by atoms with E-state index in [0.29, 0.717) is 60.1 Å². The second-order valence-corrected chi connectivity index (χ2v) is 8.52. The van der Waals surface area contributed by atoms with Crippen LogP contribution in [-0.2, 0) is 9.53 Å². The molecule has 0 amide bonds. The van der Waals surface area contributed by atoms with Gasteiger partial charge in [-0.3, -0.25) is 5.32 Å². The highest BCUT2D eigenvalue weighted by atomic mass is 19.4. The first-order chi connectivity index (χ1) is 18.7. The summed E-state index contributed by atoms with van der Waals surface area (Å²) in [5, 5.41) is 3.65. The van der Waals surface area contributed by atoms with Crippen molar-refractivity contribution < 1.29 is 36.9 Å². The summed E-state index contributed by atoms with van der Waals surface area (Å²) >= 11 is 0. The molecule has 0 radical (unpaired) electrons. The van der Waals surface area contributed by atoms with Crippen LogP contribution in [0.5, 0.6) is 17.4 Å². The Morgan fingerprint density at radius 3 is 2.28 bits per heavy atom. The number of esters is 1. The van der Waals surface area contributed by atoms with Gasteiger partial charge in [-0.15, -0.1) is 0 Å². The van der Waals surface area contributed by atoms with Crippen LogP contribution in [0.25, 0.3) is 21.8 Å². The van der Waals surface area contributed by atoms with Crippen LogP contribution in [0.3, 0.4) is 0 Å². The number of nitrogens with zero attached hydrogens (tertiary/aromatic N) is 5. The van der Waals surface area contributed by atoms with E-state index in [9.17, 15) is 18.0 Å². The summed E-state index contributed by atoms with van der Waals surface area (Å²) in [6, 6.07) is 8.37. The lowest BCUT2D eigenvalue weighted by Gasteiger charge is -2.29. The predicted molar refractivity (Wildman–Crippen MR) is 135 cm³/mol. The third-order valence-electron chi connectivity index (χ3n) is 6.06. The van der Waals surface area contributed by atoms with E-state index in [0.717, 1.165) is 0 Å². The molecule has 0 atom stereocenters. The molecule has 1 fully saturated rings. The molecule has 1 aliphatic rings. The number of aryl methyl sites for hydroxylation is 1. The van der Waals surface area contributed by atoms with Crippen molar-refractivity contribution in [3.63, 3.8) is 0 Å². The van der Waals surface area contributed by atoms with Crippen molar-refractivity contribution >= 4 is 45.4 Å². The Morgan fingerprint density at radius 1 is 0.923 bits per heavy atom. The van der Waals surface area contributed by atoms with Gasteiger partial charge in [0.25, 0.3) is 0 Å². The van der Waals surface area contributed by atoms with Gasteiger partial charge >= 0.3 is 12.1 Å². The number of alkyl halides is 3. The van der Waals surface area contributed by atoms with Crippen LogP contribution in [0.1, 0.15) is 5.69 Å². The maximum Gasteiger partial charge on any atom is 0.491 e. The van der Waals surface area contributed by atoms with Gasteiger partial charge < -0.3 is 23.8 Å². The fourth-order valence-electron chi connectivity index (χ4n) is 4.15. The number of methoxy groups -OCH3 is 2. The van der Waals surface area contributed by atoms with E-state index < -0.39 is 18.0 Å². The average Bonchev–Trinajstić information content (AvgIpc) is 2.92. The summed E-state index contributed by atoms with van der Waals surface area (Å²) in [4.78, 5) is 31.1. The number of nitrogens with one attached hydrogen (secondary N) is 1. The summed E-state index contributed by atoms with van der Waals surface area (Å²) in [5.41, 5.74) is 2.06. The SMILES string of the molecule is COc1cc2nc(Nc3nc(OC(=O)C(F)(F)F)c4cc(N5CCOCC5)ccc4n3)nc(C)c2cc1OC. The Kier molecular flexibility index (Phi) is 6.95. The first-order valence-electron chi connectivity index (χ1n) is 11.8. The van der Waals surface area contributed by atoms with Gasteiger partial charge in [-0.2, -0.15) is 18.2 Å². The monoisotopic (exact) mass is 544 g/mol. The van der Waals surface area contributed by atoms with Crippen LogP contribution in [0, 0.1) is 6.92 Å². The van der Waals surface area contributed by atoms with Crippen molar-refractivity contribution in [2.75, 3.05) is 50.7 Å². The van der Waals surface area contributed by atoms with Gasteiger partial charge in [0.15, 0.2) is 11.5 Å². The molecule has 204 valence electrons. The molecule has 1 saturated heterocycles. The topological polar surface area (TPSA) is 121 Å². The summed E-state index contributed by atoms with van der Waals surface area (Å²) in [6.45, 7) is 3.97. The number of carbonyl (C=O) groups excluding carboxylic acids is 1. The number of carbonyl (C=O) groups is 1. The molecule has 14 heteroatoms. The smallest absolute Gasteiger partial charge is 0.491 e. The minimum Gasteiger partial charge on any atom is -0.493 e. The molecule has 0 bridgehead atoms. The predicted octanol–water partition coefficient (Wildman–Crippen LogP) is 3.95. The highest BCUT2D eigenvalue weighted by molar-refractivity contribution is 5.91. The van der Waals surface area contributed by atoms with Crippen molar-refractivity contribution in [2.45, 2.75) is 13.1 Å². The Bertz CT molecular complexity index is 1560. The van der Waals surface area contributed by atoms with Crippen LogP contribution in [-0.4, -0.2) is 72.6 Å². The molecule has 39 heavy (non-hydrogen) atoms. The molecule has 4 aromatic rings. The lowest BCUT2D eigenvalue weighted by Crippen LogP contribution is -2.36. The van der Waals surface area contributed by atoms with Gasteiger partial charge in [-0.25, -0.2) is 19.7 Å². The fraction of sp³-hybridized carbons (Fsp3) is 0.320. The number of aromatic nitrogens is 4. The maximum absolute atomic E-state index is 13.1. The Labute approximate surface area is 219 Å². The first-order valence-corrected chi connectivity index (χ1v) is 11.8. The summed E-state index contributed by atoms with van der Waals surface area (Å²) in [7, 11) is 3.01. The van der Waals surface area contributed by atoms with E-state index in [1.807, 2.05) is 4.90 Å². The van der Waals surface area contributed by atoms with E-state index in [2.05, 4.69) is 25.3 Å². The first kappa shape index (κ1) is 26.2. The molecule has 2 aromatic carbocycles. The number of morpholine rings is 1. The van der Waals surface area contributed by atoms with E-state index in [4.69, 9.17) is 18.9 Å². The molecule has 5 rings (SSSR count). The third-order valence-corrected chi connectivity index (χ3v) is 6.06. The molecule has 1 N–H and O–H groups in total. The second kappa shape index (κ2) is 10.4. The van der Waals surface area contributed by atoms with Crippen LogP contribution in [0.4, 0.5) is 30.8 Å². The number of halogens is 3. The molecule has 0 spiro atoms. The molecule has 2 aromatic heterocycles. The Morgan fingerprint density at radius 2 is 1.59 bits per heavy atom. The quantitative estimate of drug-likeness (QED) is 0.355. The van der Waals surface area contributed by atoms with E-state index in [1.54, 1.807) is 37.3 Å². The van der Waals surface area contributed by atoms with E-state index in [-0.39, 0.29) is 22.8 Å². The highest BCUT2D eigenvalue weighted by Gasteiger charge is 2.42. The lowest BCUT2D eigenvalue weighted by atomic mass is 10.1. The summed E-state index contributed by atoms with van der Waals surface area (Å²) in [5.74, 6) is -2.08. The zero-order valence-electron chi connectivity index (χ0n) is 21.1. The molecular weight excluding hydrogens is 521 g/mol. The van der Waals surface area contributed by atoms with Crippen molar-refractivity contribution in [1.82, 2.24) is 19.9 Å². The highest BCUT2D eigenvalue weighted by Crippen LogP contribution is 2.34. The number of benzene rings is 2. The van der Waals surface area contributed by atoms with Gasteiger partial charge in [0, 0.05) is 30.2 Å². The van der Waals surface area contributed by atoms with Crippen molar-refractivity contribution in [2.24, 2.45) is 0 Å². The zero-order chi connectivity index (χ0) is 27.7.